The van der Waals surface area contributed by atoms with Gasteiger partial charge in [0, 0.05) is 28.8 Å². The van der Waals surface area contributed by atoms with Gasteiger partial charge in [-0.1, -0.05) is 31.2 Å². The van der Waals surface area contributed by atoms with Crippen LogP contribution in [0.1, 0.15) is 35.9 Å². The Hall–Kier alpha value is -3.65. The number of para-hydroxylation sites is 1. The largest absolute Gasteiger partial charge is 0.491 e. The number of nitrogens with one attached hydrogen (secondary N) is 1. The van der Waals surface area contributed by atoms with Crippen molar-refractivity contribution in [1.29, 1.82) is 0 Å². The van der Waals surface area contributed by atoms with Gasteiger partial charge in [-0.3, -0.25) is 10.1 Å². The zero-order valence-electron chi connectivity index (χ0n) is 17.3. The first-order chi connectivity index (χ1) is 14.8. The number of ketones is 1. The summed E-state index contributed by atoms with van der Waals surface area (Å²) in [5.74, 6) is -1.30. The first-order valence-electron chi connectivity index (χ1n) is 9.64. The normalized spacial score (nSPS) is 12.7. The molecule has 2 aromatic rings. The van der Waals surface area contributed by atoms with Crippen molar-refractivity contribution in [1.82, 2.24) is 0 Å². The number of aliphatic hydroxyl groups excluding tert-OH is 1. The Bertz CT molecular complexity index is 937. The Labute approximate surface area is 180 Å². The van der Waals surface area contributed by atoms with Gasteiger partial charge in [0.1, 0.15) is 18.5 Å². The number of carbonyl (C=O) groups excluding carboxylic acids is 2. The van der Waals surface area contributed by atoms with Crippen LogP contribution >= 0.6 is 0 Å². The van der Waals surface area contributed by atoms with Crippen LogP contribution in [0.3, 0.4) is 0 Å². The molecule has 0 aliphatic carbocycles. The Morgan fingerprint density at radius 3 is 2.39 bits per heavy atom. The molecule has 0 aromatic heterocycles. The van der Waals surface area contributed by atoms with Gasteiger partial charge < -0.3 is 19.7 Å². The molecule has 0 fully saturated rings. The summed E-state index contributed by atoms with van der Waals surface area (Å²) >= 11 is 0. The summed E-state index contributed by atoms with van der Waals surface area (Å²) in [6.45, 7) is 3.02. The zero-order chi connectivity index (χ0) is 22.8. The number of ether oxygens (including phenoxy) is 2. The van der Waals surface area contributed by atoms with Gasteiger partial charge in [0.2, 0.25) is 0 Å². The highest BCUT2D eigenvalue weighted by Gasteiger charge is 2.25. The van der Waals surface area contributed by atoms with Gasteiger partial charge in [-0.25, -0.2) is 9.59 Å². The van der Waals surface area contributed by atoms with E-state index in [1.165, 1.54) is 13.0 Å². The van der Waals surface area contributed by atoms with Gasteiger partial charge in [0.25, 0.3) is 0 Å². The molecule has 31 heavy (non-hydrogen) atoms. The van der Waals surface area contributed by atoms with Crippen LogP contribution in [0.5, 0.6) is 5.75 Å². The van der Waals surface area contributed by atoms with E-state index in [1.807, 2.05) is 0 Å². The summed E-state index contributed by atoms with van der Waals surface area (Å²) in [6.07, 6.45) is 0.788. The van der Waals surface area contributed by atoms with Crippen molar-refractivity contribution < 1.29 is 34.1 Å². The monoisotopic (exact) mass is 427 g/mol. The van der Waals surface area contributed by atoms with Gasteiger partial charge in [-0.15, -0.1) is 0 Å². The highest BCUT2D eigenvalue weighted by atomic mass is 16.6. The number of hydrogen-bond acceptors (Lipinski definition) is 6. The van der Waals surface area contributed by atoms with Gasteiger partial charge in [0.05, 0.1) is 6.61 Å². The van der Waals surface area contributed by atoms with E-state index >= 15 is 0 Å². The summed E-state index contributed by atoms with van der Waals surface area (Å²) in [4.78, 5) is 34.9. The number of carbonyl (C=O) groups is 3. The SMILES string of the molecule is CC(=O)c1ccc(NC(=O)O[C@H](c2ccccc2OCCO)[C@@H](C)/C=C/C(=O)O)cc1. The molecular weight excluding hydrogens is 402 g/mol. The summed E-state index contributed by atoms with van der Waals surface area (Å²) in [7, 11) is 0. The molecule has 0 saturated carbocycles. The van der Waals surface area contributed by atoms with E-state index in [-0.39, 0.29) is 19.0 Å². The third-order valence-electron chi connectivity index (χ3n) is 4.37. The van der Waals surface area contributed by atoms with E-state index in [1.54, 1.807) is 55.5 Å². The molecule has 0 aliphatic heterocycles. The third-order valence-corrected chi connectivity index (χ3v) is 4.37. The fraction of sp³-hybridized carbons (Fsp3) is 0.261. The van der Waals surface area contributed by atoms with Crippen molar-refractivity contribution in [2.75, 3.05) is 18.5 Å². The molecule has 3 N–H and O–H groups in total. The lowest BCUT2D eigenvalue weighted by molar-refractivity contribution is -0.131. The Morgan fingerprint density at radius 1 is 1.10 bits per heavy atom. The Morgan fingerprint density at radius 2 is 1.77 bits per heavy atom. The van der Waals surface area contributed by atoms with Crippen LogP contribution < -0.4 is 10.1 Å². The summed E-state index contributed by atoms with van der Waals surface area (Å²) in [5.41, 5.74) is 1.48. The topological polar surface area (TPSA) is 122 Å². The molecule has 0 radical (unpaired) electrons. The van der Waals surface area contributed by atoms with Crippen molar-refractivity contribution in [3.05, 3.63) is 71.8 Å². The van der Waals surface area contributed by atoms with Crippen LogP contribution in [-0.4, -0.2) is 41.3 Å². The molecule has 2 rings (SSSR count). The molecule has 0 saturated heterocycles. The summed E-state index contributed by atoms with van der Waals surface area (Å²) < 4.78 is 11.2. The average molecular weight is 427 g/mol. The van der Waals surface area contributed by atoms with Crippen molar-refractivity contribution >= 4 is 23.5 Å². The van der Waals surface area contributed by atoms with Crippen LogP contribution in [0.25, 0.3) is 0 Å². The quantitative estimate of drug-likeness (QED) is 0.389. The number of carboxylic acids is 1. The molecule has 0 bridgehead atoms. The van der Waals surface area contributed by atoms with Crippen molar-refractivity contribution in [2.45, 2.75) is 20.0 Å². The van der Waals surface area contributed by atoms with Crippen LogP contribution in [0.4, 0.5) is 10.5 Å². The summed E-state index contributed by atoms with van der Waals surface area (Å²) in [5, 5.41) is 20.6. The van der Waals surface area contributed by atoms with E-state index in [0.29, 0.717) is 22.6 Å². The van der Waals surface area contributed by atoms with Crippen LogP contribution in [0.2, 0.25) is 0 Å². The van der Waals surface area contributed by atoms with Crippen LogP contribution in [0, 0.1) is 5.92 Å². The molecule has 8 heteroatoms. The second-order valence-corrected chi connectivity index (χ2v) is 6.75. The van der Waals surface area contributed by atoms with Gasteiger partial charge >= 0.3 is 12.1 Å². The molecule has 2 atom stereocenters. The summed E-state index contributed by atoms with van der Waals surface area (Å²) in [6, 6.07) is 13.2. The number of carboxylic acid groups (broad SMARTS) is 1. The van der Waals surface area contributed by atoms with Gasteiger partial charge in [-0.05, 0) is 37.3 Å². The lowest BCUT2D eigenvalue weighted by atomic mass is 9.96. The number of Topliss-reactive ketones (excluding diaryl/α,β-unsaturated/α-hetero) is 1. The third kappa shape index (κ3) is 7.27. The average Bonchev–Trinajstić information content (AvgIpc) is 2.75. The van der Waals surface area contributed by atoms with Gasteiger partial charge in [-0.2, -0.15) is 0 Å². The Kier molecular flexibility index (Phi) is 8.78. The minimum Gasteiger partial charge on any atom is -0.491 e. The number of aliphatic carboxylic acids is 1. The maximum atomic E-state index is 12.6. The fourth-order valence-electron chi connectivity index (χ4n) is 2.84. The number of benzene rings is 2. The molecule has 2 aromatic carbocycles. The van der Waals surface area contributed by atoms with Crippen LogP contribution in [-0.2, 0) is 9.53 Å². The van der Waals surface area contributed by atoms with E-state index in [2.05, 4.69) is 5.32 Å². The molecule has 0 aliphatic rings. The molecule has 0 spiro atoms. The molecule has 1 amide bonds. The number of hydrogen-bond donors (Lipinski definition) is 3. The minimum atomic E-state index is -1.12. The predicted molar refractivity (Wildman–Crippen MR) is 114 cm³/mol. The van der Waals surface area contributed by atoms with Crippen LogP contribution in [0.15, 0.2) is 60.7 Å². The zero-order valence-corrected chi connectivity index (χ0v) is 17.3. The molecule has 164 valence electrons. The van der Waals surface area contributed by atoms with Gasteiger partial charge in [0.15, 0.2) is 5.78 Å². The first-order valence-corrected chi connectivity index (χ1v) is 9.64. The van der Waals surface area contributed by atoms with Crippen molar-refractivity contribution in [3.8, 4) is 5.75 Å². The first kappa shape index (κ1) is 23.6. The standard InChI is InChI=1S/C23H25NO7/c1-15(7-12-21(27)28)22(19-5-3-4-6-20(19)30-14-13-25)31-23(29)24-18-10-8-17(9-11-18)16(2)26/h3-12,15,22,25H,13-14H2,1-2H3,(H,24,29)(H,27,28)/b12-7+/t15-,22-/m0/s1. The van der Waals surface area contributed by atoms with E-state index in [0.717, 1.165) is 6.08 Å². The van der Waals surface area contributed by atoms with E-state index in [4.69, 9.17) is 19.7 Å². The Balaban J connectivity index is 2.25. The maximum Gasteiger partial charge on any atom is 0.412 e. The number of amides is 1. The fourth-order valence-corrected chi connectivity index (χ4v) is 2.84. The highest BCUT2D eigenvalue weighted by molar-refractivity contribution is 5.95. The smallest absolute Gasteiger partial charge is 0.412 e. The number of anilines is 1. The lowest BCUT2D eigenvalue weighted by Crippen LogP contribution is -2.22. The number of aliphatic hydroxyl groups is 1. The molecule has 0 heterocycles. The van der Waals surface area contributed by atoms with Crippen molar-refractivity contribution in [3.63, 3.8) is 0 Å². The van der Waals surface area contributed by atoms with Crippen molar-refractivity contribution in [2.24, 2.45) is 5.92 Å². The second-order valence-electron chi connectivity index (χ2n) is 6.75. The van der Waals surface area contributed by atoms with E-state index in [9.17, 15) is 14.4 Å². The van der Waals surface area contributed by atoms with E-state index < -0.39 is 24.1 Å². The lowest BCUT2D eigenvalue weighted by Gasteiger charge is -2.24. The molecule has 8 nitrogen and oxygen atoms in total. The molecule has 0 unspecified atom stereocenters. The second kappa shape index (κ2) is 11.5. The number of rotatable bonds is 10. The molecular formula is C23H25NO7. The maximum absolute atomic E-state index is 12.6. The minimum absolute atomic E-state index is 0.0533. The highest BCUT2D eigenvalue weighted by Crippen LogP contribution is 2.34. The predicted octanol–water partition coefficient (Wildman–Crippen LogP) is 3.83.